The zero-order valence-electron chi connectivity index (χ0n) is 12.8. The summed E-state index contributed by atoms with van der Waals surface area (Å²) in [6, 6.07) is 3.80. The number of hydrogen-bond acceptors (Lipinski definition) is 6. The lowest BCUT2D eigenvalue weighted by Gasteiger charge is -2.33. The van der Waals surface area contributed by atoms with E-state index in [1.165, 1.54) is 16.8 Å². The molecule has 9 heteroatoms. The minimum absolute atomic E-state index is 0.144. The van der Waals surface area contributed by atoms with E-state index in [1.54, 1.807) is 13.3 Å². The van der Waals surface area contributed by atoms with Crippen LogP contribution in [0.25, 0.3) is 0 Å². The first-order chi connectivity index (χ1) is 11.1. The first kappa shape index (κ1) is 15.9. The number of imidazole rings is 1. The zero-order chi connectivity index (χ0) is 16.3. The van der Waals surface area contributed by atoms with Gasteiger partial charge in [0.2, 0.25) is 5.88 Å². The molecular weight excluding hydrogens is 318 g/mol. The van der Waals surface area contributed by atoms with Crippen LogP contribution in [-0.4, -0.2) is 65.9 Å². The molecule has 0 amide bonds. The van der Waals surface area contributed by atoms with E-state index >= 15 is 0 Å². The molecule has 1 aliphatic heterocycles. The number of methoxy groups -OCH3 is 1. The summed E-state index contributed by atoms with van der Waals surface area (Å²) in [5, 5.41) is 0.144. The van der Waals surface area contributed by atoms with Crippen LogP contribution in [0.5, 0.6) is 5.88 Å². The van der Waals surface area contributed by atoms with E-state index in [4.69, 9.17) is 4.74 Å². The summed E-state index contributed by atoms with van der Waals surface area (Å²) in [6.07, 6.45) is 4.50. The molecule has 0 unspecified atom stereocenters. The van der Waals surface area contributed by atoms with Gasteiger partial charge in [0.1, 0.15) is 0 Å². The first-order valence-corrected chi connectivity index (χ1v) is 8.73. The number of nitrogens with one attached hydrogen (secondary N) is 1. The van der Waals surface area contributed by atoms with Gasteiger partial charge in [-0.2, -0.15) is 4.31 Å². The van der Waals surface area contributed by atoms with Gasteiger partial charge in [0.15, 0.2) is 5.03 Å². The highest BCUT2D eigenvalue weighted by Crippen LogP contribution is 2.16. The van der Waals surface area contributed by atoms with E-state index in [9.17, 15) is 8.42 Å². The molecule has 0 aliphatic carbocycles. The molecule has 1 N–H and O–H groups in total. The van der Waals surface area contributed by atoms with Crippen molar-refractivity contribution in [1.82, 2.24) is 24.2 Å². The molecule has 1 aliphatic rings. The van der Waals surface area contributed by atoms with Gasteiger partial charge in [-0.15, -0.1) is 0 Å². The van der Waals surface area contributed by atoms with E-state index in [-0.39, 0.29) is 5.03 Å². The van der Waals surface area contributed by atoms with Crippen molar-refractivity contribution in [2.45, 2.75) is 11.6 Å². The number of aromatic nitrogens is 3. The zero-order valence-corrected chi connectivity index (χ0v) is 13.7. The highest BCUT2D eigenvalue weighted by Gasteiger charge is 2.29. The molecular formula is C14H19N5O3S. The molecule has 0 spiro atoms. The van der Waals surface area contributed by atoms with Crippen molar-refractivity contribution in [2.75, 3.05) is 33.3 Å². The maximum atomic E-state index is 12.4. The van der Waals surface area contributed by atoms with Crippen LogP contribution in [-0.2, 0) is 16.6 Å². The van der Waals surface area contributed by atoms with Crippen LogP contribution in [0.15, 0.2) is 35.9 Å². The smallest absolute Gasteiger partial charge is 0.260 e. The second-order valence-corrected chi connectivity index (χ2v) is 7.21. The summed E-state index contributed by atoms with van der Waals surface area (Å²) in [5.41, 5.74) is 1.08. The number of aromatic amines is 1. The van der Waals surface area contributed by atoms with Crippen molar-refractivity contribution < 1.29 is 13.2 Å². The quantitative estimate of drug-likeness (QED) is 0.845. The molecule has 0 atom stereocenters. The summed E-state index contributed by atoms with van der Waals surface area (Å²) in [6.45, 7) is 3.03. The average molecular weight is 337 g/mol. The molecule has 3 heterocycles. The van der Waals surface area contributed by atoms with Crippen molar-refractivity contribution in [3.05, 3.63) is 36.4 Å². The average Bonchev–Trinajstić information content (AvgIpc) is 3.11. The normalized spacial score (nSPS) is 17.3. The van der Waals surface area contributed by atoms with Gasteiger partial charge in [-0.05, 0) is 5.56 Å². The monoisotopic (exact) mass is 337 g/mol. The minimum Gasteiger partial charge on any atom is -0.481 e. The number of nitrogens with zero attached hydrogens (tertiary/aromatic N) is 4. The van der Waals surface area contributed by atoms with Crippen LogP contribution in [0.3, 0.4) is 0 Å². The number of rotatable bonds is 5. The maximum absolute atomic E-state index is 12.4. The van der Waals surface area contributed by atoms with Crippen LogP contribution >= 0.6 is 0 Å². The number of H-pyrrole nitrogens is 1. The summed E-state index contributed by atoms with van der Waals surface area (Å²) >= 11 is 0. The second-order valence-electron chi connectivity index (χ2n) is 5.30. The minimum atomic E-state index is -3.46. The summed E-state index contributed by atoms with van der Waals surface area (Å²) < 4.78 is 31.3. The molecule has 0 saturated carbocycles. The Morgan fingerprint density at radius 2 is 2.00 bits per heavy atom. The van der Waals surface area contributed by atoms with Gasteiger partial charge in [0.25, 0.3) is 10.0 Å². The number of piperazine rings is 1. The molecule has 124 valence electrons. The molecule has 0 bridgehead atoms. The van der Waals surface area contributed by atoms with Gasteiger partial charge in [0.05, 0.1) is 19.6 Å². The van der Waals surface area contributed by atoms with Crippen LogP contribution in [0, 0.1) is 0 Å². The van der Waals surface area contributed by atoms with Crippen LogP contribution < -0.4 is 4.74 Å². The Labute approximate surface area is 135 Å². The summed E-state index contributed by atoms with van der Waals surface area (Å²) in [7, 11) is -1.88. The van der Waals surface area contributed by atoms with Crippen LogP contribution in [0.1, 0.15) is 5.56 Å². The highest BCUT2D eigenvalue weighted by molar-refractivity contribution is 7.89. The largest absolute Gasteiger partial charge is 0.481 e. The Balaban J connectivity index is 1.58. The fourth-order valence-electron chi connectivity index (χ4n) is 2.53. The predicted molar refractivity (Wildman–Crippen MR) is 83.4 cm³/mol. The van der Waals surface area contributed by atoms with Gasteiger partial charge in [0, 0.05) is 45.0 Å². The van der Waals surface area contributed by atoms with Gasteiger partial charge in [-0.1, -0.05) is 6.07 Å². The summed E-state index contributed by atoms with van der Waals surface area (Å²) in [4.78, 5) is 12.8. The molecule has 1 saturated heterocycles. The number of pyridine rings is 1. The fourth-order valence-corrected chi connectivity index (χ4v) is 3.85. The molecule has 0 radical (unpaired) electrons. The van der Waals surface area contributed by atoms with Crippen molar-refractivity contribution in [1.29, 1.82) is 0 Å². The summed E-state index contributed by atoms with van der Waals surface area (Å²) in [5.74, 6) is 0.587. The van der Waals surface area contributed by atoms with Crippen molar-refractivity contribution in [3.63, 3.8) is 0 Å². The predicted octanol–water partition coefficient (Wildman–Crippen LogP) is 0.320. The lowest BCUT2D eigenvalue weighted by atomic mass is 10.2. The van der Waals surface area contributed by atoms with E-state index in [0.717, 1.165) is 12.1 Å². The molecule has 2 aromatic heterocycles. The molecule has 23 heavy (non-hydrogen) atoms. The third-order valence-corrected chi connectivity index (χ3v) is 5.66. The lowest BCUT2D eigenvalue weighted by molar-refractivity contribution is 0.181. The number of hydrogen-bond donors (Lipinski definition) is 1. The Bertz CT molecular complexity index is 722. The van der Waals surface area contributed by atoms with E-state index in [1.807, 2.05) is 12.1 Å². The molecule has 0 aromatic carbocycles. The van der Waals surface area contributed by atoms with Gasteiger partial charge in [-0.25, -0.2) is 18.4 Å². The highest BCUT2D eigenvalue weighted by atomic mass is 32.2. The molecule has 3 rings (SSSR count). The van der Waals surface area contributed by atoms with Gasteiger partial charge < -0.3 is 9.72 Å². The van der Waals surface area contributed by atoms with Crippen molar-refractivity contribution in [3.8, 4) is 5.88 Å². The third-order valence-electron chi connectivity index (χ3n) is 3.84. The van der Waals surface area contributed by atoms with Gasteiger partial charge in [-0.3, -0.25) is 4.90 Å². The van der Waals surface area contributed by atoms with Crippen LogP contribution in [0.4, 0.5) is 0 Å². The Morgan fingerprint density at radius 3 is 2.57 bits per heavy atom. The van der Waals surface area contributed by atoms with E-state index in [2.05, 4.69) is 19.9 Å². The fraction of sp³-hybridized carbons (Fsp3) is 0.429. The first-order valence-electron chi connectivity index (χ1n) is 7.29. The Morgan fingerprint density at radius 1 is 1.22 bits per heavy atom. The number of ether oxygens (including phenoxy) is 1. The van der Waals surface area contributed by atoms with E-state index < -0.39 is 10.0 Å². The van der Waals surface area contributed by atoms with Crippen molar-refractivity contribution in [2.24, 2.45) is 0 Å². The third kappa shape index (κ3) is 3.52. The maximum Gasteiger partial charge on any atom is 0.260 e. The van der Waals surface area contributed by atoms with Gasteiger partial charge >= 0.3 is 0 Å². The van der Waals surface area contributed by atoms with Crippen LogP contribution in [0.2, 0.25) is 0 Å². The van der Waals surface area contributed by atoms with E-state index in [0.29, 0.717) is 32.1 Å². The Hall–Kier alpha value is -1.97. The Kier molecular flexibility index (Phi) is 4.60. The second kappa shape index (κ2) is 6.65. The molecule has 8 nitrogen and oxygen atoms in total. The standard InChI is InChI=1S/C14H19N5O3S/c1-22-13-3-2-12(8-16-13)10-18-4-6-19(7-5-18)23(20,21)14-9-15-11-17-14/h2-3,8-9,11H,4-7,10H2,1H3,(H,15,17). The molecule has 1 fully saturated rings. The number of sulfonamides is 1. The van der Waals surface area contributed by atoms with Crippen molar-refractivity contribution >= 4 is 10.0 Å². The SMILES string of the molecule is COc1ccc(CN2CCN(S(=O)(=O)c3cnc[nH]3)CC2)cn1. The topological polar surface area (TPSA) is 91.4 Å². The lowest BCUT2D eigenvalue weighted by Crippen LogP contribution is -2.48. The molecule has 2 aromatic rings.